The summed E-state index contributed by atoms with van der Waals surface area (Å²) in [6.45, 7) is 2.74. The Labute approximate surface area is 107 Å². The van der Waals surface area contributed by atoms with Gasteiger partial charge in [0.15, 0.2) is 0 Å². The van der Waals surface area contributed by atoms with Crippen LogP contribution in [0.4, 0.5) is 4.39 Å². The molecule has 0 spiro atoms. The average Bonchev–Trinajstić information content (AvgIpc) is 2.84. The SMILES string of the molecule is CN(Cc1ccc(F)cc1C#N)CC1CCCN1. The zero-order valence-corrected chi connectivity index (χ0v) is 10.6. The molecule has 1 N–H and O–H groups in total. The first-order valence-corrected chi connectivity index (χ1v) is 6.29. The maximum atomic E-state index is 13.0. The van der Waals surface area contributed by atoms with Crippen molar-refractivity contribution in [3.05, 3.63) is 35.1 Å². The maximum absolute atomic E-state index is 13.0. The van der Waals surface area contributed by atoms with E-state index in [9.17, 15) is 4.39 Å². The van der Waals surface area contributed by atoms with Crippen molar-refractivity contribution in [1.29, 1.82) is 5.26 Å². The van der Waals surface area contributed by atoms with Crippen LogP contribution in [0, 0.1) is 17.1 Å². The highest BCUT2D eigenvalue weighted by Gasteiger charge is 2.16. The quantitative estimate of drug-likeness (QED) is 0.883. The van der Waals surface area contributed by atoms with Gasteiger partial charge in [-0.25, -0.2) is 4.39 Å². The predicted octanol–water partition coefficient (Wildman–Crippen LogP) is 1.88. The Bertz CT molecular complexity index is 447. The molecule has 2 rings (SSSR count). The van der Waals surface area contributed by atoms with Crippen LogP contribution in [0.3, 0.4) is 0 Å². The lowest BCUT2D eigenvalue weighted by molar-refractivity contribution is 0.293. The van der Waals surface area contributed by atoms with Gasteiger partial charge < -0.3 is 10.2 Å². The lowest BCUT2D eigenvalue weighted by Gasteiger charge is -2.21. The predicted molar refractivity (Wildman–Crippen MR) is 68.5 cm³/mol. The Morgan fingerprint density at radius 3 is 3.06 bits per heavy atom. The molecule has 1 heterocycles. The molecule has 1 aromatic carbocycles. The van der Waals surface area contributed by atoms with Crippen LogP contribution >= 0.6 is 0 Å². The van der Waals surface area contributed by atoms with E-state index in [4.69, 9.17) is 5.26 Å². The van der Waals surface area contributed by atoms with E-state index >= 15 is 0 Å². The van der Waals surface area contributed by atoms with Gasteiger partial charge in [0.25, 0.3) is 0 Å². The van der Waals surface area contributed by atoms with E-state index in [1.807, 2.05) is 7.05 Å². The largest absolute Gasteiger partial charge is 0.313 e. The summed E-state index contributed by atoms with van der Waals surface area (Å²) in [4.78, 5) is 2.18. The van der Waals surface area contributed by atoms with Crippen molar-refractivity contribution in [3.8, 4) is 6.07 Å². The molecule has 96 valence electrons. The van der Waals surface area contributed by atoms with E-state index in [1.165, 1.54) is 25.0 Å². The first-order valence-electron chi connectivity index (χ1n) is 6.29. The van der Waals surface area contributed by atoms with Gasteiger partial charge in [0.1, 0.15) is 5.82 Å². The van der Waals surface area contributed by atoms with Crippen molar-refractivity contribution in [2.45, 2.75) is 25.4 Å². The van der Waals surface area contributed by atoms with E-state index in [-0.39, 0.29) is 5.82 Å². The summed E-state index contributed by atoms with van der Waals surface area (Å²) < 4.78 is 13.0. The maximum Gasteiger partial charge on any atom is 0.124 e. The second-order valence-electron chi connectivity index (χ2n) is 4.90. The summed E-state index contributed by atoms with van der Waals surface area (Å²) >= 11 is 0. The van der Waals surface area contributed by atoms with Gasteiger partial charge in [-0.1, -0.05) is 6.07 Å². The van der Waals surface area contributed by atoms with Gasteiger partial charge in [-0.3, -0.25) is 0 Å². The lowest BCUT2D eigenvalue weighted by atomic mass is 10.1. The normalized spacial score (nSPS) is 19.1. The van der Waals surface area contributed by atoms with E-state index in [2.05, 4.69) is 16.3 Å². The monoisotopic (exact) mass is 247 g/mol. The highest BCUT2D eigenvalue weighted by Crippen LogP contribution is 2.14. The molecule has 18 heavy (non-hydrogen) atoms. The Balaban J connectivity index is 1.98. The van der Waals surface area contributed by atoms with Crippen LogP contribution in [0.2, 0.25) is 0 Å². The summed E-state index contributed by atoms with van der Waals surface area (Å²) in [5.41, 5.74) is 1.32. The molecular formula is C14H18FN3. The molecule has 1 saturated heterocycles. The number of rotatable bonds is 4. The minimum atomic E-state index is -0.351. The molecule has 0 saturated carbocycles. The number of hydrogen-bond donors (Lipinski definition) is 1. The molecule has 1 fully saturated rings. The van der Waals surface area contributed by atoms with Gasteiger partial charge in [0.2, 0.25) is 0 Å². The van der Waals surface area contributed by atoms with E-state index in [1.54, 1.807) is 6.07 Å². The highest BCUT2D eigenvalue weighted by atomic mass is 19.1. The number of halogens is 1. The Morgan fingerprint density at radius 2 is 2.39 bits per heavy atom. The lowest BCUT2D eigenvalue weighted by Crippen LogP contribution is -2.35. The van der Waals surface area contributed by atoms with Crippen LogP contribution in [-0.2, 0) is 6.54 Å². The van der Waals surface area contributed by atoms with Gasteiger partial charge in [-0.05, 0) is 44.1 Å². The van der Waals surface area contributed by atoms with Gasteiger partial charge >= 0.3 is 0 Å². The standard InChI is InChI=1S/C14H18FN3/c1-18(10-14-3-2-6-17-14)9-11-4-5-13(15)7-12(11)8-16/h4-5,7,14,17H,2-3,6,9-10H2,1H3. The van der Waals surface area contributed by atoms with Crippen LogP contribution in [0.15, 0.2) is 18.2 Å². The highest BCUT2D eigenvalue weighted by molar-refractivity contribution is 5.37. The van der Waals surface area contributed by atoms with Crippen LogP contribution in [0.5, 0.6) is 0 Å². The third-order valence-corrected chi connectivity index (χ3v) is 3.33. The number of nitrogens with one attached hydrogen (secondary N) is 1. The third kappa shape index (κ3) is 3.28. The second-order valence-corrected chi connectivity index (χ2v) is 4.90. The molecule has 0 bridgehead atoms. The van der Waals surface area contributed by atoms with E-state index in [0.717, 1.165) is 18.7 Å². The summed E-state index contributed by atoms with van der Waals surface area (Å²) in [7, 11) is 2.03. The minimum Gasteiger partial charge on any atom is -0.313 e. The number of nitrogens with zero attached hydrogens (tertiary/aromatic N) is 2. The Hall–Kier alpha value is -1.44. The zero-order valence-electron chi connectivity index (χ0n) is 10.6. The smallest absolute Gasteiger partial charge is 0.124 e. The fourth-order valence-corrected chi connectivity index (χ4v) is 2.43. The van der Waals surface area contributed by atoms with Crippen molar-refractivity contribution in [3.63, 3.8) is 0 Å². The molecule has 0 radical (unpaired) electrons. The molecule has 1 atom stereocenters. The molecular weight excluding hydrogens is 229 g/mol. The first kappa shape index (κ1) is 13.0. The van der Waals surface area contributed by atoms with Crippen molar-refractivity contribution >= 4 is 0 Å². The molecule has 1 aromatic rings. The van der Waals surface area contributed by atoms with Gasteiger partial charge in [-0.15, -0.1) is 0 Å². The van der Waals surface area contributed by atoms with Gasteiger partial charge in [0.05, 0.1) is 11.6 Å². The summed E-state index contributed by atoms with van der Waals surface area (Å²) in [5.74, 6) is -0.351. The van der Waals surface area contributed by atoms with E-state index in [0.29, 0.717) is 18.2 Å². The minimum absolute atomic E-state index is 0.351. The van der Waals surface area contributed by atoms with Crippen molar-refractivity contribution < 1.29 is 4.39 Å². The topological polar surface area (TPSA) is 39.1 Å². The van der Waals surface area contributed by atoms with Crippen molar-refractivity contribution in [2.24, 2.45) is 0 Å². The summed E-state index contributed by atoms with van der Waals surface area (Å²) in [6, 6.07) is 7.01. The molecule has 0 aliphatic carbocycles. The fraction of sp³-hybridized carbons (Fsp3) is 0.500. The van der Waals surface area contributed by atoms with Crippen molar-refractivity contribution in [2.75, 3.05) is 20.1 Å². The molecule has 0 aromatic heterocycles. The number of hydrogen-bond acceptors (Lipinski definition) is 3. The van der Waals surface area contributed by atoms with Gasteiger partial charge in [0, 0.05) is 19.1 Å². The molecule has 4 heteroatoms. The molecule has 1 aliphatic heterocycles. The van der Waals surface area contributed by atoms with Gasteiger partial charge in [-0.2, -0.15) is 5.26 Å². The Morgan fingerprint density at radius 1 is 1.56 bits per heavy atom. The summed E-state index contributed by atoms with van der Waals surface area (Å²) in [5, 5.41) is 12.4. The Kier molecular flexibility index (Phi) is 4.29. The van der Waals surface area contributed by atoms with Crippen LogP contribution in [-0.4, -0.2) is 31.1 Å². The molecule has 0 amide bonds. The second kappa shape index (κ2) is 5.94. The van der Waals surface area contributed by atoms with Crippen molar-refractivity contribution in [1.82, 2.24) is 10.2 Å². The number of benzene rings is 1. The van der Waals surface area contributed by atoms with Crippen LogP contribution < -0.4 is 5.32 Å². The average molecular weight is 247 g/mol. The molecule has 3 nitrogen and oxygen atoms in total. The number of nitriles is 1. The molecule has 1 unspecified atom stereocenters. The van der Waals surface area contributed by atoms with E-state index < -0.39 is 0 Å². The zero-order chi connectivity index (χ0) is 13.0. The first-order chi connectivity index (χ1) is 8.69. The van der Waals surface area contributed by atoms with Crippen LogP contribution in [0.1, 0.15) is 24.0 Å². The fourth-order valence-electron chi connectivity index (χ4n) is 2.43. The number of likely N-dealkylation sites (N-methyl/N-ethyl adjacent to an activating group) is 1. The van der Waals surface area contributed by atoms with Crippen LogP contribution in [0.25, 0.3) is 0 Å². The third-order valence-electron chi connectivity index (χ3n) is 3.33. The summed E-state index contributed by atoms with van der Waals surface area (Å²) in [6.07, 6.45) is 2.44. The molecule has 1 aliphatic rings.